The molecule has 0 aromatic heterocycles. The quantitative estimate of drug-likeness (QED) is 0.480. The van der Waals surface area contributed by atoms with E-state index in [-0.39, 0.29) is 5.69 Å². The van der Waals surface area contributed by atoms with Crippen LogP contribution in [0.3, 0.4) is 0 Å². The standard InChI is InChI=1S/C14H9NO4S/c16-13-10-6-2-4-8-12(10)20-14(19-13)9-5-1-3-7-11(9)15(17)18/h1-8,14H/t14-/m0/s1. The number of ether oxygens (including phenoxy) is 1. The predicted molar refractivity (Wildman–Crippen MR) is 73.6 cm³/mol. The minimum Gasteiger partial charge on any atom is -0.442 e. The zero-order valence-electron chi connectivity index (χ0n) is 10.2. The number of carbonyl (C=O) groups is 1. The summed E-state index contributed by atoms with van der Waals surface area (Å²) in [5, 5.41) is 11.0. The Morgan fingerprint density at radius 1 is 1.10 bits per heavy atom. The van der Waals surface area contributed by atoms with Crippen LogP contribution in [0.4, 0.5) is 5.69 Å². The molecule has 0 aliphatic carbocycles. The average molecular weight is 287 g/mol. The number of cyclic esters (lactones) is 1. The summed E-state index contributed by atoms with van der Waals surface area (Å²) in [6.07, 6.45) is 0. The number of hydrogen-bond donors (Lipinski definition) is 0. The lowest BCUT2D eigenvalue weighted by Crippen LogP contribution is -2.16. The molecule has 0 N–H and O–H groups in total. The number of para-hydroxylation sites is 1. The summed E-state index contributed by atoms with van der Waals surface area (Å²) in [5.41, 5.74) is 0.147. The van der Waals surface area contributed by atoms with E-state index >= 15 is 0 Å². The van der Waals surface area contributed by atoms with Crippen LogP contribution >= 0.6 is 11.8 Å². The second kappa shape index (κ2) is 4.97. The highest BCUT2D eigenvalue weighted by Gasteiger charge is 2.31. The van der Waals surface area contributed by atoms with E-state index in [2.05, 4.69) is 0 Å². The first-order valence-electron chi connectivity index (χ1n) is 5.87. The fourth-order valence-corrected chi connectivity index (χ4v) is 3.15. The van der Waals surface area contributed by atoms with Crippen molar-refractivity contribution in [2.24, 2.45) is 0 Å². The molecule has 0 amide bonds. The molecule has 2 aromatic rings. The highest BCUT2D eigenvalue weighted by atomic mass is 32.2. The molecule has 0 fully saturated rings. The van der Waals surface area contributed by atoms with Gasteiger partial charge >= 0.3 is 5.97 Å². The smallest absolute Gasteiger partial charge is 0.340 e. The zero-order chi connectivity index (χ0) is 14.1. The first kappa shape index (κ1) is 12.7. The molecular weight excluding hydrogens is 278 g/mol. The Balaban J connectivity index is 2.02. The van der Waals surface area contributed by atoms with Crippen LogP contribution in [0.2, 0.25) is 0 Å². The normalized spacial score (nSPS) is 17.2. The van der Waals surface area contributed by atoms with Crippen LogP contribution in [0.25, 0.3) is 0 Å². The van der Waals surface area contributed by atoms with Gasteiger partial charge in [0.15, 0.2) is 5.44 Å². The third-order valence-electron chi connectivity index (χ3n) is 2.94. The Bertz CT molecular complexity index is 701. The summed E-state index contributed by atoms with van der Waals surface area (Å²) in [6.45, 7) is 0. The van der Waals surface area contributed by atoms with Crippen LogP contribution < -0.4 is 0 Å². The minimum atomic E-state index is -0.695. The van der Waals surface area contributed by atoms with Crippen molar-refractivity contribution in [3.05, 3.63) is 69.8 Å². The molecule has 0 unspecified atom stereocenters. The second-order valence-electron chi connectivity index (χ2n) is 4.17. The van der Waals surface area contributed by atoms with Gasteiger partial charge in [0.05, 0.1) is 16.1 Å². The number of nitro benzene ring substituents is 1. The van der Waals surface area contributed by atoms with Gasteiger partial charge in [0.1, 0.15) is 0 Å². The molecule has 1 heterocycles. The van der Waals surface area contributed by atoms with Crippen LogP contribution in [0.5, 0.6) is 0 Å². The van der Waals surface area contributed by atoms with E-state index in [0.717, 1.165) is 4.90 Å². The second-order valence-corrected chi connectivity index (χ2v) is 5.27. The lowest BCUT2D eigenvalue weighted by atomic mass is 10.2. The van der Waals surface area contributed by atoms with Crippen molar-refractivity contribution in [3.8, 4) is 0 Å². The maximum Gasteiger partial charge on any atom is 0.340 e. The summed E-state index contributed by atoms with van der Waals surface area (Å²) in [6, 6.07) is 13.4. The zero-order valence-corrected chi connectivity index (χ0v) is 11.0. The van der Waals surface area contributed by atoms with Crippen LogP contribution in [-0.4, -0.2) is 10.9 Å². The number of benzene rings is 2. The van der Waals surface area contributed by atoms with Gasteiger partial charge in [-0.05, 0) is 18.2 Å². The van der Waals surface area contributed by atoms with Crippen molar-refractivity contribution in [1.29, 1.82) is 0 Å². The molecule has 3 rings (SSSR count). The van der Waals surface area contributed by atoms with Gasteiger partial charge < -0.3 is 4.74 Å². The molecule has 0 bridgehead atoms. The summed E-state index contributed by atoms with van der Waals surface area (Å²) in [4.78, 5) is 23.3. The summed E-state index contributed by atoms with van der Waals surface area (Å²) < 4.78 is 5.31. The molecule has 0 saturated carbocycles. The third kappa shape index (κ3) is 2.14. The number of carbonyl (C=O) groups excluding carboxylic acids is 1. The summed E-state index contributed by atoms with van der Waals surface area (Å²) in [5.74, 6) is -0.456. The number of rotatable bonds is 2. The molecule has 2 aromatic carbocycles. The molecule has 6 heteroatoms. The van der Waals surface area contributed by atoms with Crippen molar-refractivity contribution in [2.45, 2.75) is 10.3 Å². The number of esters is 1. The van der Waals surface area contributed by atoms with Gasteiger partial charge in [-0.15, -0.1) is 0 Å². The SMILES string of the molecule is O=C1O[C@H](c2ccccc2[N+](=O)[O-])Sc2ccccc21. The molecule has 1 aliphatic rings. The third-order valence-corrected chi connectivity index (χ3v) is 4.12. The van der Waals surface area contributed by atoms with E-state index in [1.54, 1.807) is 30.3 Å². The van der Waals surface area contributed by atoms with Crippen molar-refractivity contribution >= 4 is 23.4 Å². The van der Waals surface area contributed by atoms with E-state index in [1.165, 1.54) is 17.8 Å². The molecule has 0 radical (unpaired) electrons. The maximum atomic E-state index is 11.9. The maximum absolute atomic E-state index is 11.9. The fourth-order valence-electron chi connectivity index (χ4n) is 2.02. The van der Waals surface area contributed by atoms with Crippen LogP contribution in [0.1, 0.15) is 21.4 Å². The van der Waals surface area contributed by atoms with Gasteiger partial charge in [0.25, 0.3) is 5.69 Å². The van der Waals surface area contributed by atoms with Crippen LogP contribution in [0.15, 0.2) is 53.4 Å². The van der Waals surface area contributed by atoms with Crippen molar-refractivity contribution in [2.75, 3.05) is 0 Å². The largest absolute Gasteiger partial charge is 0.442 e. The molecule has 100 valence electrons. The Hall–Kier alpha value is -2.34. The van der Waals surface area contributed by atoms with E-state index in [9.17, 15) is 14.9 Å². The molecule has 0 saturated heterocycles. The van der Waals surface area contributed by atoms with Crippen LogP contribution in [0, 0.1) is 10.1 Å². The highest BCUT2D eigenvalue weighted by Crippen LogP contribution is 2.44. The van der Waals surface area contributed by atoms with Crippen LogP contribution in [-0.2, 0) is 4.74 Å². The van der Waals surface area contributed by atoms with Crippen molar-refractivity contribution < 1.29 is 14.5 Å². The molecule has 20 heavy (non-hydrogen) atoms. The van der Waals surface area contributed by atoms with E-state index in [1.807, 2.05) is 12.1 Å². The van der Waals surface area contributed by atoms with Gasteiger partial charge in [0, 0.05) is 11.0 Å². The first-order chi connectivity index (χ1) is 9.66. The average Bonchev–Trinajstić information content (AvgIpc) is 2.47. The van der Waals surface area contributed by atoms with Gasteiger partial charge in [0.2, 0.25) is 0 Å². The number of hydrogen-bond acceptors (Lipinski definition) is 5. The van der Waals surface area contributed by atoms with Crippen molar-refractivity contribution in [3.63, 3.8) is 0 Å². The Kier molecular flexibility index (Phi) is 3.15. The number of fused-ring (bicyclic) bond motifs is 1. The lowest BCUT2D eigenvalue weighted by Gasteiger charge is -2.23. The lowest BCUT2D eigenvalue weighted by molar-refractivity contribution is -0.385. The number of thioether (sulfide) groups is 1. The summed E-state index contributed by atoms with van der Waals surface area (Å²) in [7, 11) is 0. The van der Waals surface area contributed by atoms with Crippen molar-refractivity contribution in [1.82, 2.24) is 0 Å². The molecule has 1 aliphatic heterocycles. The van der Waals surface area contributed by atoms with Gasteiger partial charge in [-0.25, -0.2) is 4.79 Å². The Labute approximate surface area is 118 Å². The monoisotopic (exact) mass is 287 g/mol. The number of nitro groups is 1. The predicted octanol–water partition coefficient (Wildman–Crippen LogP) is 3.56. The van der Waals surface area contributed by atoms with E-state index in [4.69, 9.17) is 4.74 Å². The number of nitrogens with zero attached hydrogens (tertiary/aromatic N) is 1. The molecular formula is C14H9NO4S. The minimum absolute atomic E-state index is 0.0443. The Morgan fingerprint density at radius 2 is 1.80 bits per heavy atom. The van der Waals surface area contributed by atoms with Gasteiger partial charge in [-0.3, -0.25) is 10.1 Å². The summed E-state index contributed by atoms with van der Waals surface area (Å²) >= 11 is 1.30. The first-order valence-corrected chi connectivity index (χ1v) is 6.75. The topological polar surface area (TPSA) is 69.4 Å². The highest BCUT2D eigenvalue weighted by molar-refractivity contribution is 7.99. The Morgan fingerprint density at radius 3 is 2.60 bits per heavy atom. The fraction of sp³-hybridized carbons (Fsp3) is 0.0714. The van der Waals surface area contributed by atoms with Gasteiger partial charge in [-0.2, -0.15) is 0 Å². The molecule has 0 spiro atoms. The van der Waals surface area contributed by atoms with E-state index < -0.39 is 16.3 Å². The molecule has 1 atom stereocenters. The van der Waals surface area contributed by atoms with Gasteiger partial charge in [-0.1, -0.05) is 36.0 Å². The van der Waals surface area contributed by atoms with E-state index in [0.29, 0.717) is 11.1 Å². The molecule has 5 nitrogen and oxygen atoms in total.